The molecule has 1 N–H and O–H groups in total. The number of hydrogen-bond acceptors (Lipinski definition) is 2. The van der Waals surface area contributed by atoms with Crippen LogP contribution in [0, 0.1) is 23.2 Å². The van der Waals surface area contributed by atoms with Gasteiger partial charge >= 0.3 is 0 Å². The van der Waals surface area contributed by atoms with Crippen molar-refractivity contribution in [2.24, 2.45) is 23.2 Å². The van der Waals surface area contributed by atoms with Gasteiger partial charge in [0.05, 0.1) is 0 Å². The highest BCUT2D eigenvalue weighted by atomic mass is 16.3. The molecule has 0 amide bonds. The lowest BCUT2D eigenvalue weighted by molar-refractivity contribution is -0.0797. The highest BCUT2D eigenvalue weighted by Gasteiger charge is 2.51. The van der Waals surface area contributed by atoms with Gasteiger partial charge in [0.1, 0.15) is 0 Å². The molecule has 2 nitrogen and oxygen atoms in total. The maximum Gasteiger partial charge on any atom is 0.0464 e. The Hall–Kier alpha value is -0.0800. The fourth-order valence-corrected chi connectivity index (χ4v) is 3.78. The number of rotatable bonds is 3. The largest absolute Gasteiger partial charge is 0.396 e. The van der Waals surface area contributed by atoms with Gasteiger partial charge in [-0.15, -0.1) is 0 Å². The van der Waals surface area contributed by atoms with E-state index in [2.05, 4.69) is 32.6 Å². The molecule has 2 heteroatoms. The van der Waals surface area contributed by atoms with Crippen LogP contribution in [0.15, 0.2) is 0 Å². The Labute approximate surface area is 100 Å². The smallest absolute Gasteiger partial charge is 0.0464 e. The molecule has 2 rings (SSSR count). The number of likely N-dealkylation sites (tertiary alicyclic amines) is 1. The minimum absolute atomic E-state index is 0.367. The van der Waals surface area contributed by atoms with Crippen molar-refractivity contribution in [2.45, 2.75) is 46.6 Å². The second kappa shape index (κ2) is 4.30. The molecular formula is C14H27NO. The van der Waals surface area contributed by atoms with Crippen LogP contribution in [0.3, 0.4) is 0 Å². The molecule has 1 aliphatic heterocycles. The van der Waals surface area contributed by atoms with Crippen LogP contribution in [0.1, 0.15) is 40.5 Å². The van der Waals surface area contributed by atoms with E-state index < -0.39 is 0 Å². The van der Waals surface area contributed by atoms with Crippen LogP contribution in [-0.4, -0.2) is 35.7 Å². The van der Waals surface area contributed by atoms with Gasteiger partial charge in [-0.05, 0) is 56.4 Å². The van der Waals surface area contributed by atoms with Crippen molar-refractivity contribution < 1.29 is 5.11 Å². The third-order valence-electron chi connectivity index (χ3n) is 5.32. The van der Waals surface area contributed by atoms with Gasteiger partial charge in [0.15, 0.2) is 0 Å². The van der Waals surface area contributed by atoms with Crippen molar-refractivity contribution in [2.75, 3.05) is 19.7 Å². The molecule has 3 atom stereocenters. The van der Waals surface area contributed by atoms with Crippen LogP contribution >= 0.6 is 0 Å². The Morgan fingerprint density at radius 1 is 1.38 bits per heavy atom. The van der Waals surface area contributed by atoms with Gasteiger partial charge in [-0.1, -0.05) is 13.8 Å². The summed E-state index contributed by atoms with van der Waals surface area (Å²) in [4.78, 5) is 2.60. The lowest BCUT2D eigenvalue weighted by atomic mass is 9.51. The molecular weight excluding hydrogens is 198 g/mol. The molecule has 0 unspecified atom stereocenters. The van der Waals surface area contributed by atoms with Gasteiger partial charge in [-0.2, -0.15) is 0 Å². The fraction of sp³-hybridized carbons (Fsp3) is 1.00. The number of aliphatic hydroxyl groups is 1. The van der Waals surface area contributed by atoms with E-state index in [0.717, 1.165) is 11.8 Å². The van der Waals surface area contributed by atoms with Gasteiger partial charge in [-0.3, -0.25) is 0 Å². The average Bonchev–Trinajstić information content (AvgIpc) is 2.66. The zero-order valence-electron chi connectivity index (χ0n) is 11.2. The molecule has 1 saturated heterocycles. The summed E-state index contributed by atoms with van der Waals surface area (Å²) < 4.78 is 0. The predicted octanol–water partition coefficient (Wildman–Crippen LogP) is 2.37. The van der Waals surface area contributed by atoms with Crippen molar-refractivity contribution >= 4 is 0 Å². The second-order valence-electron chi connectivity index (χ2n) is 6.68. The van der Waals surface area contributed by atoms with Gasteiger partial charge in [0.25, 0.3) is 0 Å². The number of hydrogen-bond donors (Lipinski definition) is 1. The first-order valence-electron chi connectivity index (χ1n) is 6.81. The molecule has 2 aliphatic rings. The molecule has 0 spiro atoms. The van der Waals surface area contributed by atoms with Crippen molar-refractivity contribution in [3.63, 3.8) is 0 Å². The topological polar surface area (TPSA) is 23.5 Å². The van der Waals surface area contributed by atoms with Crippen molar-refractivity contribution in [3.8, 4) is 0 Å². The molecule has 2 fully saturated rings. The zero-order valence-corrected chi connectivity index (χ0v) is 11.2. The monoisotopic (exact) mass is 225 g/mol. The van der Waals surface area contributed by atoms with E-state index in [1.54, 1.807) is 0 Å². The molecule has 16 heavy (non-hydrogen) atoms. The lowest BCUT2D eigenvalue weighted by Crippen LogP contribution is -2.50. The third-order valence-corrected chi connectivity index (χ3v) is 5.32. The SMILES string of the molecule is CC(C)N1CC[C@@H]([C@H]2C[C@@H](CO)C2(C)C)C1. The summed E-state index contributed by atoms with van der Waals surface area (Å²) in [6, 6.07) is 0.696. The first-order valence-corrected chi connectivity index (χ1v) is 6.81. The van der Waals surface area contributed by atoms with E-state index in [1.165, 1.54) is 25.9 Å². The van der Waals surface area contributed by atoms with E-state index in [9.17, 15) is 5.11 Å². The van der Waals surface area contributed by atoms with E-state index in [4.69, 9.17) is 0 Å². The van der Waals surface area contributed by atoms with Crippen LogP contribution in [0.5, 0.6) is 0 Å². The summed E-state index contributed by atoms with van der Waals surface area (Å²) >= 11 is 0. The fourth-order valence-electron chi connectivity index (χ4n) is 3.78. The Morgan fingerprint density at radius 3 is 2.50 bits per heavy atom. The normalized spacial score (nSPS) is 39.0. The Kier molecular flexibility index (Phi) is 3.33. The molecule has 1 aliphatic carbocycles. The second-order valence-corrected chi connectivity index (χ2v) is 6.68. The van der Waals surface area contributed by atoms with E-state index in [1.807, 2.05) is 0 Å². The quantitative estimate of drug-likeness (QED) is 0.797. The molecule has 1 heterocycles. The summed E-state index contributed by atoms with van der Waals surface area (Å²) in [6.07, 6.45) is 2.62. The van der Waals surface area contributed by atoms with Crippen LogP contribution in [0.2, 0.25) is 0 Å². The van der Waals surface area contributed by atoms with Crippen molar-refractivity contribution in [1.29, 1.82) is 0 Å². The highest BCUT2D eigenvalue weighted by molar-refractivity contribution is 5.01. The summed E-state index contributed by atoms with van der Waals surface area (Å²) in [5.74, 6) is 2.26. The number of aliphatic hydroxyl groups excluding tert-OH is 1. The van der Waals surface area contributed by atoms with Crippen molar-refractivity contribution in [3.05, 3.63) is 0 Å². The van der Waals surface area contributed by atoms with Gasteiger partial charge < -0.3 is 10.0 Å². The Bertz CT molecular complexity index is 249. The van der Waals surface area contributed by atoms with Crippen molar-refractivity contribution in [1.82, 2.24) is 4.90 Å². The van der Waals surface area contributed by atoms with E-state index in [0.29, 0.717) is 24.0 Å². The van der Waals surface area contributed by atoms with Crippen LogP contribution in [0.25, 0.3) is 0 Å². The molecule has 0 aromatic rings. The maximum absolute atomic E-state index is 9.31. The molecule has 0 aromatic carbocycles. The van der Waals surface area contributed by atoms with Gasteiger partial charge in [0, 0.05) is 19.2 Å². The summed E-state index contributed by atoms with van der Waals surface area (Å²) in [5.41, 5.74) is 0.367. The molecule has 0 bridgehead atoms. The highest BCUT2D eigenvalue weighted by Crippen LogP contribution is 2.55. The average molecular weight is 225 g/mol. The molecule has 1 saturated carbocycles. The Balaban J connectivity index is 1.92. The van der Waals surface area contributed by atoms with E-state index in [-0.39, 0.29) is 0 Å². The maximum atomic E-state index is 9.31. The number of nitrogens with zero attached hydrogens (tertiary/aromatic N) is 1. The predicted molar refractivity (Wildman–Crippen MR) is 67.3 cm³/mol. The van der Waals surface area contributed by atoms with Gasteiger partial charge in [-0.25, -0.2) is 0 Å². The summed E-state index contributed by atoms with van der Waals surface area (Å²) in [7, 11) is 0. The third kappa shape index (κ3) is 1.91. The molecule has 0 radical (unpaired) electrons. The van der Waals surface area contributed by atoms with Gasteiger partial charge in [0.2, 0.25) is 0 Å². The first kappa shape index (κ1) is 12.4. The zero-order chi connectivity index (χ0) is 11.9. The summed E-state index contributed by atoms with van der Waals surface area (Å²) in [5, 5.41) is 9.31. The van der Waals surface area contributed by atoms with Crippen LogP contribution < -0.4 is 0 Å². The molecule has 94 valence electrons. The summed E-state index contributed by atoms with van der Waals surface area (Å²) in [6.45, 7) is 12.2. The molecule has 0 aromatic heterocycles. The first-order chi connectivity index (χ1) is 7.46. The standard InChI is InChI=1S/C14H27NO/c1-10(2)15-6-5-11(8-15)13-7-12(9-16)14(13,3)4/h10-13,16H,5-9H2,1-4H3/t11-,12+,13-/m1/s1. The van der Waals surface area contributed by atoms with E-state index >= 15 is 0 Å². The Morgan fingerprint density at radius 2 is 2.06 bits per heavy atom. The lowest BCUT2D eigenvalue weighted by Gasteiger charge is -2.54. The van der Waals surface area contributed by atoms with Crippen LogP contribution in [0.4, 0.5) is 0 Å². The van der Waals surface area contributed by atoms with Crippen LogP contribution in [-0.2, 0) is 0 Å². The minimum Gasteiger partial charge on any atom is -0.396 e. The minimum atomic E-state index is 0.367.